The molecule has 0 bridgehead atoms. The van der Waals surface area contributed by atoms with Crippen LogP contribution in [0.2, 0.25) is 0 Å². The van der Waals surface area contributed by atoms with Crippen LogP contribution < -0.4 is 16.0 Å². The molecule has 1 fully saturated rings. The van der Waals surface area contributed by atoms with E-state index in [1.165, 1.54) is 12.6 Å². The molecule has 2 amide bonds. The maximum absolute atomic E-state index is 12.2. The van der Waals surface area contributed by atoms with Gasteiger partial charge in [-0.05, 0) is 0 Å². The Labute approximate surface area is 132 Å². The molecule has 6 nitrogen and oxygen atoms in total. The topological polar surface area (TPSA) is 73.5 Å². The Morgan fingerprint density at radius 2 is 2.32 bits per heavy atom. The Morgan fingerprint density at radius 1 is 1.55 bits per heavy atom. The van der Waals surface area contributed by atoms with Crippen molar-refractivity contribution in [1.29, 1.82) is 0 Å². The first-order valence-electron chi connectivity index (χ1n) is 7.85. The van der Waals surface area contributed by atoms with Gasteiger partial charge in [0.15, 0.2) is 0 Å². The molecule has 1 atom stereocenters. The van der Waals surface area contributed by atoms with Crippen LogP contribution >= 0.6 is 7.41 Å². The quantitative estimate of drug-likeness (QED) is 0.483. The van der Waals surface area contributed by atoms with Gasteiger partial charge < -0.3 is 0 Å². The van der Waals surface area contributed by atoms with Crippen molar-refractivity contribution in [1.82, 2.24) is 20.6 Å². The van der Waals surface area contributed by atoms with Crippen LogP contribution in [0.25, 0.3) is 0 Å². The van der Waals surface area contributed by atoms with E-state index in [2.05, 4.69) is 34.0 Å². The monoisotopic (exact) mass is 326 g/mol. The first-order valence-corrected chi connectivity index (χ1v) is 11.0. The Morgan fingerprint density at radius 3 is 2.95 bits per heavy atom. The molecule has 0 aliphatic carbocycles. The van der Waals surface area contributed by atoms with Gasteiger partial charge in [0.2, 0.25) is 0 Å². The zero-order valence-corrected chi connectivity index (χ0v) is 14.6. The van der Waals surface area contributed by atoms with Gasteiger partial charge in [0.05, 0.1) is 0 Å². The van der Waals surface area contributed by atoms with Gasteiger partial charge in [0.1, 0.15) is 0 Å². The van der Waals surface area contributed by atoms with Crippen molar-refractivity contribution in [2.75, 3.05) is 39.1 Å². The van der Waals surface area contributed by atoms with Crippen LogP contribution in [-0.4, -0.2) is 62.2 Å². The fourth-order valence-electron chi connectivity index (χ4n) is 2.99. The van der Waals surface area contributed by atoms with Crippen LogP contribution in [0.5, 0.6) is 0 Å². The van der Waals surface area contributed by atoms with Crippen molar-refractivity contribution in [2.45, 2.75) is 19.4 Å². The van der Waals surface area contributed by atoms with Gasteiger partial charge in [-0.15, -0.1) is 0 Å². The van der Waals surface area contributed by atoms with Gasteiger partial charge in [-0.25, -0.2) is 0 Å². The van der Waals surface area contributed by atoms with Crippen molar-refractivity contribution in [3.8, 4) is 0 Å². The Bertz CT molecular complexity index is 502. The number of hydrogen-bond acceptors (Lipinski definition) is 4. The number of rotatable bonds is 6. The number of carbonyl (C=O) groups is 2. The third kappa shape index (κ3) is 4.08. The molecule has 124 valence electrons. The van der Waals surface area contributed by atoms with E-state index in [9.17, 15) is 9.59 Å². The van der Waals surface area contributed by atoms with Crippen LogP contribution in [-0.2, 0) is 9.59 Å². The number of carbonyl (C=O) groups excluding carboxylic acids is 2. The SMILES string of the molecule is CC1NC=C(C(=O)NCCN2CCC[PH]2(C)C)C=C1NC=O. The van der Waals surface area contributed by atoms with E-state index in [0.29, 0.717) is 24.2 Å². The number of dihydropyridines is 1. The molecule has 0 radical (unpaired) electrons. The molecule has 0 aromatic carbocycles. The molecule has 2 aliphatic heterocycles. The van der Waals surface area contributed by atoms with Crippen LogP contribution in [0.1, 0.15) is 13.3 Å². The third-order valence-corrected chi connectivity index (χ3v) is 8.23. The van der Waals surface area contributed by atoms with Crippen molar-refractivity contribution in [3.05, 3.63) is 23.5 Å². The summed E-state index contributed by atoms with van der Waals surface area (Å²) >= 11 is 0. The van der Waals surface area contributed by atoms with Crippen LogP contribution in [0, 0.1) is 0 Å². The Balaban J connectivity index is 1.84. The first kappa shape index (κ1) is 17.0. The molecule has 2 heterocycles. The van der Waals surface area contributed by atoms with Crippen molar-refractivity contribution in [3.63, 3.8) is 0 Å². The molecule has 1 saturated heterocycles. The van der Waals surface area contributed by atoms with Crippen molar-refractivity contribution in [2.24, 2.45) is 0 Å². The molecule has 0 aromatic rings. The molecule has 2 rings (SSSR count). The third-order valence-electron chi connectivity index (χ3n) is 4.49. The number of amides is 2. The second-order valence-corrected chi connectivity index (χ2v) is 11.3. The van der Waals surface area contributed by atoms with Crippen LogP contribution in [0.15, 0.2) is 23.5 Å². The summed E-state index contributed by atoms with van der Waals surface area (Å²) < 4.78 is 2.55. The van der Waals surface area contributed by atoms with E-state index in [1.54, 1.807) is 12.3 Å². The first-order chi connectivity index (χ1) is 10.4. The Kier molecular flexibility index (Phi) is 5.59. The zero-order valence-electron chi connectivity index (χ0n) is 13.6. The summed E-state index contributed by atoms with van der Waals surface area (Å²) in [7, 11) is -1.22. The minimum atomic E-state index is -1.22. The second-order valence-electron chi connectivity index (χ2n) is 6.51. The fourth-order valence-corrected chi connectivity index (χ4v) is 5.81. The fraction of sp³-hybridized carbons (Fsp3) is 0.600. The summed E-state index contributed by atoms with van der Waals surface area (Å²) in [5, 5.41) is 8.67. The van der Waals surface area contributed by atoms with Crippen LogP contribution in [0.4, 0.5) is 0 Å². The average Bonchev–Trinajstić information content (AvgIpc) is 2.80. The molecule has 0 aromatic heterocycles. The summed E-state index contributed by atoms with van der Waals surface area (Å²) in [6, 6.07) is -0.00171. The van der Waals surface area contributed by atoms with Crippen LogP contribution in [0.3, 0.4) is 0 Å². The van der Waals surface area contributed by atoms with E-state index >= 15 is 0 Å². The number of nitrogens with one attached hydrogen (secondary N) is 3. The predicted molar refractivity (Wildman–Crippen MR) is 92.2 cm³/mol. The molecule has 7 heteroatoms. The molecular formula is C15H27N4O2P. The molecule has 0 spiro atoms. The summed E-state index contributed by atoms with van der Waals surface area (Å²) in [4.78, 5) is 22.8. The summed E-state index contributed by atoms with van der Waals surface area (Å²) in [5.41, 5.74) is 1.25. The standard InChI is InChI=1S/C15H27N4O2P/c1-12-14(18-11-20)9-13(10-17-12)15(21)16-5-7-19-6-4-8-22(19,2)3/h9-12,17,22H,4-8H2,1-3H3,(H,16,21)(H,18,20). The maximum atomic E-state index is 12.2. The average molecular weight is 326 g/mol. The van der Waals surface area contributed by atoms with E-state index < -0.39 is 7.41 Å². The number of nitrogens with zero attached hydrogens (tertiary/aromatic N) is 1. The predicted octanol–water partition coefficient (Wildman–Crippen LogP) is 0.238. The van der Waals surface area contributed by atoms with Crippen molar-refractivity contribution < 1.29 is 9.59 Å². The van der Waals surface area contributed by atoms with E-state index in [0.717, 1.165) is 13.1 Å². The van der Waals surface area contributed by atoms with Gasteiger partial charge in [-0.2, -0.15) is 0 Å². The molecule has 22 heavy (non-hydrogen) atoms. The molecular weight excluding hydrogens is 299 g/mol. The minimum absolute atomic E-state index is 0.00171. The molecule has 1 unspecified atom stereocenters. The summed E-state index contributed by atoms with van der Waals surface area (Å²) in [6.45, 7) is 9.43. The van der Waals surface area contributed by atoms with Crippen molar-refractivity contribution >= 4 is 19.7 Å². The van der Waals surface area contributed by atoms with E-state index in [1.807, 2.05) is 6.92 Å². The van der Waals surface area contributed by atoms with E-state index in [-0.39, 0.29) is 11.9 Å². The van der Waals surface area contributed by atoms with Gasteiger partial charge in [0.25, 0.3) is 0 Å². The number of hydrogen-bond donors (Lipinski definition) is 3. The summed E-state index contributed by atoms with van der Waals surface area (Å²) in [6.07, 6.45) is 6.68. The van der Waals surface area contributed by atoms with Gasteiger partial charge >= 0.3 is 132 Å². The second kappa shape index (κ2) is 7.25. The molecule has 2 aliphatic rings. The Hall–Kier alpha value is -1.39. The molecule has 0 saturated carbocycles. The normalized spacial score (nSPS) is 25.5. The molecule has 3 N–H and O–H groups in total. The van der Waals surface area contributed by atoms with E-state index in [4.69, 9.17) is 0 Å². The van der Waals surface area contributed by atoms with Gasteiger partial charge in [-0.3, -0.25) is 0 Å². The zero-order chi connectivity index (χ0) is 16.2. The van der Waals surface area contributed by atoms with Gasteiger partial charge in [-0.1, -0.05) is 0 Å². The van der Waals surface area contributed by atoms with Gasteiger partial charge in [0, 0.05) is 0 Å². The summed E-state index contributed by atoms with van der Waals surface area (Å²) in [5.74, 6) is -0.108.